The molecule has 1 N–H and O–H groups in total. The Morgan fingerprint density at radius 3 is 2.88 bits per heavy atom. The Bertz CT molecular complexity index is 980. The third-order valence-electron chi connectivity index (χ3n) is 3.98. The van der Waals surface area contributed by atoms with E-state index in [-0.39, 0.29) is 17.5 Å². The Morgan fingerprint density at radius 2 is 2.23 bits per heavy atom. The number of rotatable bonds is 6. The van der Waals surface area contributed by atoms with E-state index in [2.05, 4.69) is 25.5 Å². The first-order valence-corrected chi connectivity index (χ1v) is 8.74. The van der Waals surface area contributed by atoms with Gasteiger partial charge in [-0.25, -0.2) is 4.98 Å². The van der Waals surface area contributed by atoms with Crippen LogP contribution in [0.5, 0.6) is 0 Å². The van der Waals surface area contributed by atoms with Crippen LogP contribution in [-0.2, 0) is 7.05 Å². The second-order valence-electron chi connectivity index (χ2n) is 5.92. The molecular formula is C15H15N7O3S. The molecule has 1 fully saturated rings. The van der Waals surface area contributed by atoms with E-state index in [1.807, 2.05) is 20.0 Å². The van der Waals surface area contributed by atoms with Crippen molar-refractivity contribution in [3.63, 3.8) is 0 Å². The molecule has 11 heteroatoms. The summed E-state index contributed by atoms with van der Waals surface area (Å²) in [4.78, 5) is 19.1. The van der Waals surface area contributed by atoms with E-state index in [1.54, 1.807) is 10.8 Å². The molecule has 3 heterocycles. The first-order chi connectivity index (χ1) is 12.5. The standard InChI is InChI=1S/C15H15N7O3S/c1-8-10(5-6-25-8)13-19-20-15(21(13)2)26-14-16-7-11(22(23)24)12(18-14)17-9-3-4-9/h5-7,9H,3-4H2,1-2H3,(H,16,17,18). The van der Waals surface area contributed by atoms with Crippen LogP contribution in [0.1, 0.15) is 18.6 Å². The van der Waals surface area contributed by atoms with Crippen molar-refractivity contribution in [2.24, 2.45) is 7.05 Å². The molecule has 0 saturated heterocycles. The van der Waals surface area contributed by atoms with Crippen LogP contribution in [0.2, 0.25) is 0 Å². The Morgan fingerprint density at radius 1 is 1.42 bits per heavy atom. The molecule has 0 unspecified atom stereocenters. The summed E-state index contributed by atoms with van der Waals surface area (Å²) >= 11 is 1.19. The van der Waals surface area contributed by atoms with Crippen LogP contribution in [0.4, 0.5) is 11.5 Å². The highest BCUT2D eigenvalue weighted by molar-refractivity contribution is 7.99. The molecular weight excluding hydrogens is 358 g/mol. The smallest absolute Gasteiger partial charge is 0.329 e. The Labute approximate surface area is 152 Å². The number of aromatic nitrogens is 5. The zero-order chi connectivity index (χ0) is 18.3. The fraction of sp³-hybridized carbons (Fsp3) is 0.333. The van der Waals surface area contributed by atoms with Gasteiger partial charge in [-0.05, 0) is 37.6 Å². The third-order valence-corrected chi connectivity index (χ3v) is 4.90. The number of anilines is 1. The fourth-order valence-electron chi connectivity index (χ4n) is 2.41. The molecule has 10 nitrogen and oxygen atoms in total. The zero-order valence-corrected chi connectivity index (χ0v) is 14.9. The van der Waals surface area contributed by atoms with E-state index in [0.29, 0.717) is 16.1 Å². The normalized spacial score (nSPS) is 13.8. The highest BCUT2D eigenvalue weighted by atomic mass is 32.2. The number of nitro groups is 1. The second-order valence-corrected chi connectivity index (χ2v) is 6.85. The molecule has 26 heavy (non-hydrogen) atoms. The molecule has 0 radical (unpaired) electrons. The SMILES string of the molecule is Cc1occc1-c1nnc(Sc2ncc([N+](=O)[O-])c(NC3CC3)n2)n1C. The van der Waals surface area contributed by atoms with Crippen LogP contribution in [0.25, 0.3) is 11.4 Å². The number of furan rings is 1. The van der Waals surface area contributed by atoms with Crippen LogP contribution < -0.4 is 5.32 Å². The number of hydrogen-bond acceptors (Lipinski definition) is 9. The molecule has 0 amide bonds. The molecule has 0 bridgehead atoms. The highest BCUT2D eigenvalue weighted by Gasteiger charge is 2.27. The quantitative estimate of drug-likeness (QED) is 0.394. The van der Waals surface area contributed by atoms with Gasteiger partial charge in [-0.2, -0.15) is 4.98 Å². The molecule has 1 aliphatic rings. The van der Waals surface area contributed by atoms with Gasteiger partial charge in [0.25, 0.3) is 0 Å². The molecule has 0 spiro atoms. The van der Waals surface area contributed by atoms with Crippen molar-refractivity contribution in [2.45, 2.75) is 36.1 Å². The van der Waals surface area contributed by atoms with Crippen LogP contribution in [-0.4, -0.2) is 35.7 Å². The van der Waals surface area contributed by atoms with E-state index in [9.17, 15) is 10.1 Å². The Kier molecular flexibility index (Phi) is 4.07. The van der Waals surface area contributed by atoms with Gasteiger partial charge in [-0.15, -0.1) is 10.2 Å². The number of nitrogens with zero attached hydrogens (tertiary/aromatic N) is 6. The molecule has 1 saturated carbocycles. The molecule has 134 valence electrons. The van der Waals surface area contributed by atoms with Gasteiger partial charge in [0.2, 0.25) is 5.82 Å². The molecule has 0 aliphatic heterocycles. The highest BCUT2D eigenvalue weighted by Crippen LogP contribution is 2.33. The summed E-state index contributed by atoms with van der Waals surface area (Å²) in [5, 5.41) is 23.5. The minimum atomic E-state index is -0.485. The van der Waals surface area contributed by atoms with E-state index >= 15 is 0 Å². The van der Waals surface area contributed by atoms with Crippen molar-refractivity contribution in [1.29, 1.82) is 0 Å². The third kappa shape index (κ3) is 3.12. The predicted octanol–water partition coefficient (Wildman–Crippen LogP) is 2.81. The number of hydrogen-bond donors (Lipinski definition) is 1. The lowest BCUT2D eigenvalue weighted by Crippen LogP contribution is -2.08. The van der Waals surface area contributed by atoms with Gasteiger partial charge in [0, 0.05) is 13.1 Å². The predicted molar refractivity (Wildman–Crippen MR) is 92.9 cm³/mol. The Hall–Kier alpha value is -2.95. The largest absolute Gasteiger partial charge is 0.469 e. The molecule has 3 aromatic heterocycles. The van der Waals surface area contributed by atoms with Crippen molar-refractivity contribution in [3.8, 4) is 11.4 Å². The summed E-state index contributed by atoms with van der Waals surface area (Å²) in [6, 6.07) is 2.07. The van der Waals surface area contributed by atoms with Crippen LogP contribution in [0.3, 0.4) is 0 Å². The minimum Gasteiger partial charge on any atom is -0.469 e. The van der Waals surface area contributed by atoms with Crippen molar-refractivity contribution in [2.75, 3.05) is 5.32 Å². The van der Waals surface area contributed by atoms with Crippen LogP contribution in [0.15, 0.2) is 33.3 Å². The molecule has 3 aromatic rings. The van der Waals surface area contributed by atoms with Gasteiger partial charge in [-0.3, -0.25) is 10.1 Å². The number of nitrogens with one attached hydrogen (secondary N) is 1. The molecule has 4 rings (SSSR count). The zero-order valence-electron chi connectivity index (χ0n) is 14.0. The van der Waals surface area contributed by atoms with Crippen LogP contribution >= 0.6 is 11.8 Å². The van der Waals surface area contributed by atoms with Gasteiger partial charge >= 0.3 is 5.69 Å². The summed E-state index contributed by atoms with van der Waals surface area (Å²) in [6.07, 6.45) is 4.79. The summed E-state index contributed by atoms with van der Waals surface area (Å²) in [7, 11) is 1.83. The van der Waals surface area contributed by atoms with Gasteiger partial charge in [-0.1, -0.05) is 0 Å². The molecule has 0 aromatic carbocycles. The maximum atomic E-state index is 11.2. The van der Waals surface area contributed by atoms with Gasteiger partial charge in [0.15, 0.2) is 16.1 Å². The lowest BCUT2D eigenvalue weighted by Gasteiger charge is -2.06. The maximum Gasteiger partial charge on any atom is 0.329 e. The monoisotopic (exact) mass is 373 g/mol. The van der Waals surface area contributed by atoms with Crippen molar-refractivity contribution >= 4 is 23.3 Å². The average molecular weight is 373 g/mol. The first-order valence-electron chi connectivity index (χ1n) is 7.92. The lowest BCUT2D eigenvalue weighted by molar-refractivity contribution is -0.384. The first kappa shape index (κ1) is 16.5. The summed E-state index contributed by atoms with van der Waals surface area (Å²) < 4.78 is 7.12. The van der Waals surface area contributed by atoms with Gasteiger partial charge in [0.1, 0.15) is 12.0 Å². The Balaban J connectivity index is 1.62. The van der Waals surface area contributed by atoms with Gasteiger partial charge in [0.05, 0.1) is 16.7 Å². The van der Waals surface area contributed by atoms with Crippen molar-refractivity contribution in [1.82, 2.24) is 24.7 Å². The van der Waals surface area contributed by atoms with E-state index in [4.69, 9.17) is 4.42 Å². The lowest BCUT2D eigenvalue weighted by atomic mass is 10.2. The van der Waals surface area contributed by atoms with Crippen molar-refractivity contribution < 1.29 is 9.34 Å². The summed E-state index contributed by atoms with van der Waals surface area (Å²) in [5.41, 5.74) is 0.724. The molecule has 1 aliphatic carbocycles. The minimum absolute atomic E-state index is 0.131. The molecule has 0 atom stereocenters. The maximum absolute atomic E-state index is 11.2. The number of aryl methyl sites for hydroxylation is 1. The van der Waals surface area contributed by atoms with E-state index in [0.717, 1.165) is 24.2 Å². The summed E-state index contributed by atoms with van der Waals surface area (Å²) in [5.74, 6) is 1.65. The topological polar surface area (TPSA) is 125 Å². The van der Waals surface area contributed by atoms with Crippen LogP contribution in [0, 0.1) is 17.0 Å². The average Bonchev–Trinajstić information content (AvgIpc) is 3.22. The van der Waals surface area contributed by atoms with E-state index in [1.165, 1.54) is 18.0 Å². The van der Waals surface area contributed by atoms with Crippen molar-refractivity contribution in [3.05, 3.63) is 34.4 Å². The second kappa shape index (κ2) is 6.41. The van der Waals surface area contributed by atoms with Gasteiger partial charge < -0.3 is 14.3 Å². The fourth-order valence-corrected chi connectivity index (χ4v) is 3.12. The summed E-state index contributed by atoms with van der Waals surface area (Å²) in [6.45, 7) is 1.85. The van der Waals surface area contributed by atoms with E-state index < -0.39 is 4.92 Å².